The van der Waals surface area contributed by atoms with Crippen LogP contribution in [0.25, 0.3) is 0 Å². The van der Waals surface area contributed by atoms with Crippen LogP contribution < -0.4 is 0 Å². The molecule has 4 nitrogen and oxygen atoms in total. The molecule has 4 heteroatoms. The normalized spacial score (nSPS) is 29.6. The van der Waals surface area contributed by atoms with Crippen molar-refractivity contribution in [3.05, 3.63) is 12.2 Å². The van der Waals surface area contributed by atoms with Gasteiger partial charge >= 0.3 is 0 Å². The highest BCUT2D eigenvalue weighted by Gasteiger charge is 2.48. The van der Waals surface area contributed by atoms with Crippen LogP contribution >= 0.6 is 0 Å². The Morgan fingerprint density at radius 1 is 1.29 bits per heavy atom. The number of imide groups is 1. The van der Waals surface area contributed by atoms with E-state index in [2.05, 4.69) is 0 Å². The number of aliphatic hydroxyl groups is 1. The fraction of sp³-hybridized carbons (Fsp3) is 0.692. The van der Waals surface area contributed by atoms with Crippen molar-refractivity contribution in [2.45, 2.75) is 38.6 Å². The van der Waals surface area contributed by atoms with Crippen LogP contribution in [0.2, 0.25) is 0 Å². The highest BCUT2D eigenvalue weighted by atomic mass is 16.3. The van der Waals surface area contributed by atoms with Crippen LogP contribution in [0.4, 0.5) is 0 Å². The van der Waals surface area contributed by atoms with Gasteiger partial charge in [-0.05, 0) is 25.7 Å². The standard InChI is InChI=1S/C13H19NO3/c1-2-9(7-8-15)14-12(16)10-5-3-4-6-11(10)13(14)17/h3-4,9-11,15H,2,5-8H2,1H3. The second kappa shape index (κ2) is 5.00. The Morgan fingerprint density at radius 2 is 1.82 bits per heavy atom. The van der Waals surface area contributed by atoms with Crippen LogP contribution in [0.15, 0.2) is 12.2 Å². The van der Waals surface area contributed by atoms with Crippen LogP contribution in [-0.2, 0) is 9.59 Å². The maximum absolute atomic E-state index is 12.2. The lowest BCUT2D eigenvalue weighted by molar-refractivity contribution is -0.143. The van der Waals surface area contributed by atoms with Crippen LogP contribution in [0, 0.1) is 11.8 Å². The Bertz CT molecular complexity index is 325. The Balaban J connectivity index is 2.19. The van der Waals surface area contributed by atoms with Gasteiger partial charge in [-0.15, -0.1) is 0 Å². The average molecular weight is 237 g/mol. The number of rotatable bonds is 4. The fourth-order valence-corrected chi connectivity index (χ4v) is 2.85. The number of hydrogen-bond donors (Lipinski definition) is 1. The lowest BCUT2D eigenvalue weighted by Gasteiger charge is -2.25. The van der Waals surface area contributed by atoms with Crippen molar-refractivity contribution < 1.29 is 14.7 Å². The molecule has 1 saturated heterocycles. The molecule has 0 aromatic rings. The van der Waals surface area contributed by atoms with Gasteiger partial charge in [-0.2, -0.15) is 0 Å². The topological polar surface area (TPSA) is 57.6 Å². The molecule has 0 saturated carbocycles. The monoisotopic (exact) mass is 237 g/mol. The van der Waals surface area contributed by atoms with Crippen molar-refractivity contribution in [1.29, 1.82) is 0 Å². The molecule has 0 aromatic heterocycles. The number of carbonyl (C=O) groups is 2. The van der Waals surface area contributed by atoms with Crippen LogP contribution in [0.3, 0.4) is 0 Å². The lowest BCUT2D eigenvalue weighted by atomic mass is 9.85. The van der Waals surface area contributed by atoms with E-state index in [4.69, 9.17) is 5.11 Å². The summed E-state index contributed by atoms with van der Waals surface area (Å²) in [5, 5.41) is 9.00. The lowest BCUT2D eigenvalue weighted by Crippen LogP contribution is -2.41. The SMILES string of the molecule is CCC(CCO)N1C(=O)C2CC=CCC2C1=O. The molecule has 1 N–H and O–H groups in total. The summed E-state index contributed by atoms with van der Waals surface area (Å²) in [6.45, 7) is 1.96. The third-order valence-electron chi connectivity index (χ3n) is 3.84. The first kappa shape index (κ1) is 12.3. The number of amides is 2. The minimum Gasteiger partial charge on any atom is -0.396 e. The minimum absolute atomic E-state index is 0.0170. The number of hydrogen-bond acceptors (Lipinski definition) is 3. The van der Waals surface area contributed by atoms with Gasteiger partial charge in [0.1, 0.15) is 0 Å². The van der Waals surface area contributed by atoms with Gasteiger partial charge in [-0.1, -0.05) is 19.1 Å². The van der Waals surface area contributed by atoms with E-state index in [1.165, 1.54) is 4.90 Å². The Kier molecular flexibility index (Phi) is 3.62. The number of aliphatic hydroxyl groups excluding tert-OH is 1. The molecule has 0 bridgehead atoms. The van der Waals surface area contributed by atoms with E-state index in [9.17, 15) is 9.59 Å². The van der Waals surface area contributed by atoms with Gasteiger partial charge < -0.3 is 5.11 Å². The van der Waals surface area contributed by atoms with E-state index in [1.807, 2.05) is 19.1 Å². The highest BCUT2D eigenvalue weighted by molar-refractivity contribution is 6.05. The molecule has 94 valence electrons. The van der Waals surface area contributed by atoms with Crippen molar-refractivity contribution in [2.24, 2.45) is 11.8 Å². The second-order valence-electron chi connectivity index (χ2n) is 4.78. The van der Waals surface area contributed by atoms with Gasteiger partial charge in [-0.25, -0.2) is 0 Å². The van der Waals surface area contributed by atoms with Crippen molar-refractivity contribution in [3.63, 3.8) is 0 Å². The first-order valence-corrected chi connectivity index (χ1v) is 6.33. The van der Waals surface area contributed by atoms with E-state index in [0.717, 1.165) is 0 Å². The predicted molar refractivity (Wildman–Crippen MR) is 63.0 cm³/mol. The molecule has 17 heavy (non-hydrogen) atoms. The van der Waals surface area contributed by atoms with Crippen LogP contribution in [0.1, 0.15) is 32.6 Å². The summed E-state index contributed by atoms with van der Waals surface area (Å²) in [6.07, 6.45) is 6.54. The van der Waals surface area contributed by atoms with Gasteiger partial charge in [0.2, 0.25) is 11.8 Å². The smallest absolute Gasteiger partial charge is 0.233 e. The van der Waals surface area contributed by atoms with Gasteiger partial charge in [0, 0.05) is 12.6 Å². The molecule has 2 rings (SSSR count). The minimum atomic E-state index is -0.153. The Hall–Kier alpha value is -1.16. The summed E-state index contributed by atoms with van der Waals surface area (Å²) >= 11 is 0. The van der Waals surface area contributed by atoms with Crippen LogP contribution in [0.5, 0.6) is 0 Å². The Labute approximate surface area is 101 Å². The molecule has 0 radical (unpaired) electrons. The molecule has 0 aromatic carbocycles. The molecule has 1 fully saturated rings. The van der Waals surface area contributed by atoms with Crippen molar-refractivity contribution in [1.82, 2.24) is 4.90 Å². The molecule has 3 unspecified atom stereocenters. The van der Waals surface area contributed by atoms with Crippen molar-refractivity contribution in [2.75, 3.05) is 6.61 Å². The molecule has 2 aliphatic rings. The molecule has 1 heterocycles. The molecule has 1 aliphatic carbocycles. The molecule has 0 spiro atoms. The van der Waals surface area contributed by atoms with Gasteiger partial charge in [0.05, 0.1) is 11.8 Å². The molecular formula is C13H19NO3. The molecule has 1 aliphatic heterocycles. The quantitative estimate of drug-likeness (QED) is 0.588. The van der Waals surface area contributed by atoms with Gasteiger partial charge in [0.15, 0.2) is 0 Å². The first-order valence-electron chi connectivity index (χ1n) is 6.33. The third kappa shape index (κ3) is 2.02. The zero-order valence-corrected chi connectivity index (χ0v) is 10.1. The summed E-state index contributed by atoms with van der Waals surface area (Å²) in [4.78, 5) is 25.8. The maximum Gasteiger partial charge on any atom is 0.233 e. The summed E-state index contributed by atoms with van der Waals surface area (Å²) in [6, 6.07) is -0.134. The highest BCUT2D eigenvalue weighted by Crippen LogP contribution is 2.36. The van der Waals surface area contributed by atoms with Crippen molar-refractivity contribution >= 4 is 11.8 Å². The number of nitrogens with zero attached hydrogens (tertiary/aromatic N) is 1. The predicted octanol–water partition coefficient (Wildman–Crippen LogP) is 1.10. The maximum atomic E-state index is 12.2. The van der Waals surface area contributed by atoms with Gasteiger partial charge in [-0.3, -0.25) is 14.5 Å². The molecular weight excluding hydrogens is 218 g/mol. The molecule has 2 amide bonds. The van der Waals surface area contributed by atoms with E-state index in [1.54, 1.807) is 0 Å². The third-order valence-corrected chi connectivity index (χ3v) is 3.84. The van der Waals surface area contributed by atoms with E-state index in [-0.39, 0.29) is 36.3 Å². The number of carbonyl (C=O) groups excluding carboxylic acids is 2. The van der Waals surface area contributed by atoms with Crippen molar-refractivity contribution in [3.8, 4) is 0 Å². The summed E-state index contributed by atoms with van der Waals surface area (Å²) in [5.41, 5.74) is 0. The zero-order chi connectivity index (χ0) is 12.4. The van der Waals surface area contributed by atoms with E-state index < -0.39 is 0 Å². The average Bonchev–Trinajstić information content (AvgIpc) is 2.61. The number of allylic oxidation sites excluding steroid dienone is 2. The largest absolute Gasteiger partial charge is 0.396 e. The van der Waals surface area contributed by atoms with Gasteiger partial charge in [0.25, 0.3) is 0 Å². The summed E-state index contributed by atoms with van der Waals surface area (Å²) in [5.74, 6) is -0.380. The Morgan fingerprint density at radius 3 is 2.24 bits per heavy atom. The van der Waals surface area contributed by atoms with E-state index in [0.29, 0.717) is 25.7 Å². The summed E-state index contributed by atoms with van der Waals surface area (Å²) in [7, 11) is 0. The first-order chi connectivity index (χ1) is 8.20. The second-order valence-corrected chi connectivity index (χ2v) is 4.78. The number of likely N-dealkylation sites (tertiary alicyclic amines) is 1. The van der Waals surface area contributed by atoms with Crippen LogP contribution in [-0.4, -0.2) is 34.5 Å². The summed E-state index contributed by atoms with van der Waals surface area (Å²) < 4.78 is 0. The van der Waals surface area contributed by atoms with E-state index >= 15 is 0 Å². The fourth-order valence-electron chi connectivity index (χ4n) is 2.85. The zero-order valence-electron chi connectivity index (χ0n) is 10.1. The number of fused-ring (bicyclic) bond motifs is 1. The molecule has 3 atom stereocenters.